The first kappa shape index (κ1) is 15.4. The van der Waals surface area contributed by atoms with Crippen LogP contribution in [-0.2, 0) is 11.3 Å². The summed E-state index contributed by atoms with van der Waals surface area (Å²) in [4.78, 5) is 0. The Balaban J connectivity index is 2.47. The van der Waals surface area contributed by atoms with Crippen LogP contribution in [0.1, 0.15) is 31.7 Å². The molecular weight excluding hydrogens is 541 g/mol. The fourth-order valence-corrected chi connectivity index (χ4v) is 3.78. The van der Waals surface area contributed by atoms with Crippen molar-refractivity contribution in [2.75, 3.05) is 6.61 Å². The van der Waals surface area contributed by atoms with Crippen molar-refractivity contribution in [3.05, 3.63) is 28.4 Å². The number of rotatable bonds is 6. The normalized spacial score (nSPS) is 10.8. The first-order chi connectivity index (χ1) is 7.65. The van der Waals surface area contributed by atoms with Crippen LogP contribution < -0.4 is 0 Å². The average Bonchev–Trinajstić information content (AvgIpc) is 2.24. The lowest BCUT2D eigenvalue weighted by atomic mass is 10.2. The molecule has 1 rings (SSSR count). The first-order valence-corrected chi connectivity index (χ1v) is 8.60. The van der Waals surface area contributed by atoms with E-state index in [-0.39, 0.29) is 0 Å². The first-order valence-electron chi connectivity index (χ1n) is 5.36. The summed E-state index contributed by atoms with van der Waals surface area (Å²) in [5, 5.41) is 0. The molecule has 0 aliphatic carbocycles. The SMILES string of the molecule is CCCCCOCc1cc(I)cc(I)c1I. The second-order valence-corrected chi connectivity index (χ2v) is 7.11. The molecule has 0 fully saturated rings. The number of benzene rings is 1. The Hall–Kier alpha value is 1.37. The Bertz CT molecular complexity index is 339. The molecule has 16 heavy (non-hydrogen) atoms. The fourth-order valence-electron chi connectivity index (χ4n) is 1.35. The summed E-state index contributed by atoms with van der Waals surface area (Å²) in [7, 11) is 0. The molecule has 0 heterocycles. The van der Waals surface area contributed by atoms with E-state index in [1.807, 2.05) is 0 Å². The lowest BCUT2D eigenvalue weighted by molar-refractivity contribution is 0.116. The highest BCUT2D eigenvalue weighted by Crippen LogP contribution is 2.23. The van der Waals surface area contributed by atoms with Crippen LogP contribution in [0.3, 0.4) is 0 Å². The van der Waals surface area contributed by atoms with E-state index in [4.69, 9.17) is 4.74 Å². The zero-order chi connectivity index (χ0) is 12.0. The molecule has 0 aliphatic rings. The molecule has 4 heteroatoms. The summed E-state index contributed by atoms with van der Waals surface area (Å²) in [6.45, 7) is 3.84. The van der Waals surface area contributed by atoms with Gasteiger partial charge in [-0.1, -0.05) is 19.8 Å². The predicted molar refractivity (Wildman–Crippen MR) is 93.8 cm³/mol. The van der Waals surface area contributed by atoms with Crippen LogP contribution in [0.15, 0.2) is 12.1 Å². The second kappa shape index (κ2) is 8.47. The molecule has 0 aliphatic heterocycles. The van der Waals surface area contributed by atoms with Gasteiger partial charge >= 0.3 is 0 Å². The van der Waals surface area contributed by atoms with E-state index in [1.54, 1.807) is 0 Å². The predicted octanol–water partition coefficient (Wildman–Crippen LogP) is 5.21. The van der Waals surface area contributed by atoms with Crippen molar-refractivity contribution in [1.29, 1.82) is 0 Å². The highest BCUT2D eigenvalue weighted by Gasteiger charge is 2.05. The number of hydrogen-bond donors (Lipinski definition) is 0. The molecule has 0 radical (unpaired) electrons. The molecule has 0 unspecified atom stereocenters. The Morgan fingerprint density at radius 2 is 1.88 bits per heavy atom. The Morgan fingerprint density at radius 1 is 1.12 bits per heavy atom. The van der Waals surface area contributed by atoms with E-state index < -0.39 is 0 Å². The van der Waals surface area contributed by atoms with E-state index in [0.717, 1.165) is 13.2 Å². The maximum atomic E-state index is 5.70. The van der Waals surface area contributed by atoms with Gasteiger partial charge in [0.05, 0.1) is 6.61 Å². The second-order valence-electron chi connectivity index (χ2n) is 3.62. The van der Waals surface area contributed by atoms with E-state index in [9.17, 15) is 0 Å². The van der Waals surface area contributed by atoms with Crippen LogP contribution in [0.2, 0.25) is 0 Å². The van der Waals surface area contributed by atoms with Crippen LogP contribution in [-0.4, -0.2) is 6.61 Å². The number of halogens is 3. The van der Waals surface area contributed by atoms with Gasteiger partial charge in [0.1, 0.15) is 0 Å². The maximum absolute atomic E-state index is 5.70. The van der Waals surface area contributed by atoms with Crippen LogP contribution in [0, 0.1) is 10.7 Å². The monoisotopic (exact) mass is 556 g/mol. The summed E-state index contributed by atoms with van der Waals surface area (Å²) in [6.07, 6.45) is 3.69. The number of hydrogen-bond acceptors (Lipinski definition) is 1. The molecule has 0 aromatic heterocycles. The van der Waals surface area contributed by atoms with Crippen LogP contribution >= 0.6 is 67.8 Å². The van der Waals surface area contributed by atoms with Gasteiger partial charge in [-0.3, -0.25) is 0 Å². The lowest BCUT2D eigenvalue weighted by Crippen LogP contribution is -1.99. The van der Waals surface area contributed by atoms with Crippen molar-refractivity contribution in [3.63, 3.8) is 0 Å². The van der Waals surface area contributed by atoms with Crippen molar-refractivity contribution in [1.82, 2.24) is 0 Å². The number of ether oxygens (including phenoxy) is 1. The summed E-state index contributed by atoms with van der Waals surface area (Å²) in [5.41, 5.74) is 1.31. The molecule has 90 valence electrons. The van der Waals surface area contributed by atoms with Crippen LogP contribution in [0.25, 0.3) is 0 Å². The van der Waals surface area contributed by atoms with Gasteiger partial charge in [-0.25, -0.2) is 0 Å². The molecule has 0 spiro atoms. The Kier molecular flexibility index (Phi) is 8.17. The average molecular weight is 556 g/mol. The smallest absolute Gasteiger partial charge is 0.0727 e. The molecule has 1 aromatic carbocycles. The summed E-state index contributed by atoms with van der Waals surface area (Å²) in [6, 6.07) is 4.41. The van der Waals surface area contributed by atoms with Gasteiger partial charge in [0.15, 0.2) is 0 Å². The highest BCUT2D eigenvalue weighted by molar-refractivity contribution is 14.1. The van der Waals surface area contributed by atoms with Gasteiger partial charge in [-0.05, 0) is 91.9 Å². The largest absolute Gasteiger partial charge is 0.377 e. The fraction of sp³-hybridized carbons (Fsp3) is 0.500. The van der Waals surface area contributed by atoms with Crippen molar-refractivity contribution >= 4 is 67.8 Å². The minimum atomic E-state index is 0.745. The van der Waals surface area contributed by atoms with E-state index >= 15 is 0 Å². The van der Waals surface area contributed by atoms with Gasteiger partial charge in [0.2, 0.25) is 0 Å². The molecule has 0 saturated carbocycles. The standard InChI is InChI=1S/C12H15I3O/c1-2-3-4-5-16-8-9-6-10(13)7-11(14)12(9)15/h6-7H,2-5,8H2,1H3. The van der Waals surface area contributed by atoms with E-state index in [2.05, 4.69) is 86.8 Å². The Morgan fingerprint density at radius 3 is 2.56 bits per heavy atom. The zero-order valence-corrected chi connectivity index (χ0v) is 15.7. The molecule has 0 atom stereocenters. The van der Waals surface area contributed by atoms with Crippen LogP contribution in [0.4, 0.5) is 0 Å². The van der Waals surface area contributed by atoms with E-state index in [0.29, 0.717) is 0 Å². The molecule has 0 bridgehead atoms. The van der Waals surface area contributed by atoms with Crippen molar-refractivity contribution in [2.45, 2.75) is 32.8 Å². The van der Waals surface area contributed by atoms with Crippen molar-refractivity contribution < 1.29 is 4.74 Å². The molecule has 1 nitrogen and oxygen atoms in total. The van der Waals surface area contributed by atoms with Crippen molar-refractivity contribution in [2.24, 2.45) is 0 Å². The van der Waals surface area contributed by atoms with Crippen LogP contribution in [0.5, 0.6) is 0 Å². The summed E-state index contributed by atoms with van der Waals surface area (Å²) < 4.78 is 9.63. The summed E-state index contributed by atoms with van der Waals surface area (Å²) >= 11 is 7.14. The zero-order valence-electron chi connectivity index (χ0n) is 9.23. The minimum absolute atomic E-state index is 0.745. The lowest BCUT2D eigenvalue weighted by Gasteiger charge is -2.08. The number of unbranched alkanes of at least 4 members (excludes halogenated alkanes) is 2. The third-order valence-electron chi connectivity index (χ3n) is 2.22. The van der Waals surface area contributed by atoms with Gasteiger partial charge in [0.25, 0.3) is 0 Å². The highest BCUT2D eigenvalue weighted by atomic mass is 127. The molecule has 0 amide bonds. The summed E-state index contributed by atoms with van der Waals surface area (Å²) in [5.74, 6) is 0. The van der Waals surface area contributed by atoms with Gasteiger partial charge in [0, 0.05) is 17.3 Å². The quantitative estimate of drug-likeness (QED) is 0.266. The topological polar surface area (TPSA) is 9.23 Å². The van der Waals surface area contributed by atoms with Gasteiger partial charge in [-0.2, -0.15) is 0 Å². The Labute approximate surface area is 139 Å². The van der Waals surface area contributed by atoms with Gasteiger partial charge < -0.3 is 4.74 Å². The third kappa shape index (κ3) is 5.34. The third-order valence-corrected chi connectivity index (χ3v) is 6.00. The maximum Gasteiger partial charge on any atom is 0.0727 e. The molecule has 0 N–H and O–H groups in total. The molecular formula is C12H15I3O. The molecule has 0 saturated heterocycles. The van der Waals surface area contributed by atoms with E-state index in [1.165, 1.54) is 35.5 Å². The van der Waals surface area contributed by atoms with Gasteiger partial charge in [-0.15, -0.1) is 0 Å². The minimum Gasteiger partial charge on any atom is -0.377 e. The van der Waals surface area contributed by atoms with Crippen molar-refractivity contribution in [3.8, 4) is 0 Å². The molecule has 1 aromatic rings.